The Bertz CT molecular complexity index is 653. The number of hydrogen-bond donors (Lipinski definition) is 1. The van der Waals surface area contributed by atoms with Crippen molar-refractivity contribution in [2.24, 2.45) is 0 Å². The van der Waals surface area contributed by atoms with Crippen LogP contribution in [-0.2, 0) is 4.79 Å². The average molecular weight is 416 g/mol. The zero-order valence-corrected chi connectivity index (χ0v) is 14.2. The molecule has 20 heavy (non-hydrogen) atoms. The van der Waals surface area contributed by atoms with Crippen LogP contribution >= 0.6 is 43.5 Å². The maximum absolute atomic E-state index is 11.8. The predicted octanol–water partition coefficient (Wildman–Crippen LogP) is 5.52. The van der Waals surface area contributed by atoms with E-state index in [1.807, 2.05) is 30.3 Å². The number of benzene rings is 2. The lowest BCUT2D eigenvalue weighted by Gasteiger charge is -2.05. The summed E-state index contributed by atoms with van der Waals surface area (Å²) in [6, 6.07) is 12.8. The van der Waals surface area contributed by atoms with E-state index in [0.717, 1.165) is 20.2 Å². The first kappa shape index (κ1) is 15.3. The molecule has 0 saturated carbocycles. The largest absolute Gasteiger partial charge is 0.321 e. The lowest BCUT2D eigenvalue weighted by molar-refractivity contribution is -0.111. The van der Waals surface area contributed by atoms with Gasteiger partial charge >= 0.3 is 0 Å². The summed E-state index contributed by atoms with van der Waals surface area (Å²) in [5.41, 5.74) is 1.64. The summed E-state index contributed by atoms with van der Waals surface area (Å²) in [4.78, 5) is 11.8. The van der Waals surface area contributed by atoms with Crippen LogP contribution in [0.2, 0.25) is 5.02 Å². The summed E-state index contributed by atoms with van der Waals surface area (Å²) in [7, 11) is 0. The van der Waals surface area contributed by atoms with E-state index in [0.29, 0.717) is 5.02 Å². The molecule has 0 atom stereocenters. The Morgan fingerprint density at radius 2 is 1.80 bits per heavy atom. The molecule has 0 radical (unpaired) electrons. The summed E-state index contributed by atoms with van der Waals surface area (Å²) >= 11 is 12.6. The highest BCUT2D eigenvalue weighted by Gasteiger charge is 2.03. The summed E-state index contributed by atoms with van der Waals surface area (Å²) in [5.74, 6) is -0.192. The third kappa shape index (κ3) is 4.47. The quantitative estimate of drug-likeness (QED) is 0.658. The van der Waals surface area contributed by atoms with Gasteiger partial charge in [0.1, 0.15) is 0 Å². The molecule has 0 fully saturated rings. The highest BCUT2D eigenvalue weighted by molar-refractivity contribution is 9.11. The van der Waals surface area contributed by atoms with Gasteiger partial charge in [-0.25, -0.2) is 0 Å². The molecule has 1 N–H and O–H groups in total. The first-order chi connectivity index (χ1) is 9.54. The molecular weight excluding hydrogens is 405 g/mol. The van der Waals surface area contributed by atoms with E-state index in [2.05, 4.69) is 37.2 Å². The van der Waals surface area contributed by atoms with Gasteiger partial charge < -0.3 is 5.32 Å². The standard InChI is InChI=1S/C15H10Br2ClNO/c16-11-4-7-14(13(17)9-11)19-15(20)8-3-10-1-5-12(18)6-2-10/h1-9H,(H,19,20)/b8-3+. The minimum Gasteiger partial charge on any atom is -0.321 e. The Labute approximate surface area is 139 Å². The molecule has 0 aliphatic carbocycles. The Morgan fingerprint density at radius 1 is 1.10 bits per heavy atom. The molecule has 0 aliphatic rings. The van der Waals surface area contributed by atoms with E-state index in [-0.39, 0.29) is 5.91 Å². The molecule has 1 amide bonds. The van der Waals surface area contributed by atoms with E-state index in [9.17, 15) is 4.79 Å². The van der Waals surface area contributed by atoms with Crippen molar-refractivity contribution in [3.8, 4) is 0 Å². The van der Waals surface area contributed by atoms with Crippen LogP contribution in [-0.4, -0.2) is 5.91 Å². The molecule has 2 rings (SSSR count). The molecule has 0 aromatic heterocycles. The minimum absolute atomic E-state index is 0.192. The molecule has 0 saturated heterocycles. The van der Waals surface area contributed by atoms with Crippen LogP contribution in [0.4, 0.5) is 5.69 Å². The molecule has 0 unspecified atom stereocenters. The number of nitrogens with one attached hydrogen (secondary N) is 1. The summed E-state index contributed by atoms with van der Waals surface area (Å²) < 4.78 is 1.76. The summed E-state index contributed by atoms with van der Waals surface area (Å²) in [6.45, 7) is 0. The first-order valence-electron chi connectivity index (χ1n) is 5.74. The maximum Gasteiger partial charge on any atom is 0.248 e. The van der Waals surface area contributed by atoms with E-state index < -0.39 is 0 Å². The van der Waals surface area contributed by atoms with Gasteiger partial charge in [0.2, 0.25) is 5.91 Å². The SMILES string of the molecule is O=C(/C=C/c1ccc(Cl)cc1)Nc1ccc(Br)cc1Br. The second kappa shape index (κ2) is 7.07. The number of amides is 1. The lowest BCUT2D eigenvalue weighted by atomic mass is 10.2. The van der Waals surface area contributed by atoms with Gasteiger partial charge in [-0.15, -0.1) is 0 Å². The molecule has 102 valence electrons. The number of anilines is 1. The van der Waals surface area contributed by atoms with E-state index in [1.165, 1.54) is 6.08 Å². The van der Waals surface area contributed by atoms with Crippen molar-refractivity contribution in [3.63, 3.8) is 0 Å². The third-order valence-electron chi connectivity index (χ3n) is 2.49. The third-order valence-corrected chi connectivity index (χ3v) is 3.89. The van der Waals surface area contributed by atoms with Crippen LogP contribution in [0.15, 0.2) is 57.5 Å². The van der Waals surface area contributed by atoms with Gasteiger partial charge in [0.25, 0.3) is 0 Å². The average Bonchev–Trinajstić information content (AvgIpc) is 2.41. The zero-order valence-electron chi connectivity index (χ0n) is 10.2. The molecule has 0 aliphatic heterocycles. The van der Waals surface area contributed by atoms with Crippen LogP contribution in [0.3, 0.4) is 0 Å². The monoisotopic (exact) mass is 413 g/mol. The van der Waals surface area contributed by atoms with Gasteiger partial charge in [0.15, 0.2) is 0 Å². The number of carbonyl (C=O) groups excluding carboxylic acids is 1. The molecular formula is C15H10Br2ClNO. The Kier molecular flexibility index (Phi) is 5.40. The van der Waals surface area contributed by atoms with Crippen molar-refractivity contribution in [2.75, 3.05) is 5.32 Å². The van der Waals surface area contributed by atoms with Crippen molar-refractivity contribution in [3.05, 3.63) is 68.1 Å². The van der Waals surface area contributed by atoms with Crippen LogP contribution in [0.1, 0.15) is 5.56 Å². The predicted molar refractivity (Wildman–Crippen MR) is 91.0 cm³/mol. The van der Waals surface area contributed by atoms with Gasteiger partial charge in [-0.3, -0.25) is 4.79 Å². The fraction of sp³-hybridized carbons (Fsp3) is 0. The van der Waals surface area contributed by atoms with Gasteiger partial charge in [-0.05, 0) is 57.9 Å². The fourth-order valence-corrected chi connectivity index (χ4v) is 2.78. The molecule has 2 aromatic rings. The topological polar surface area (TPSA) is 29.1 Å². The van der Waals surface area contributed by atoms with Gasteiger partial charge in [-0.1, -0.05) is 39.7 Å². The van der Waals surface area contributed by atoms with Crippen molar-refractivity contribution in [2.45, 2.75) is 0 Å². The highest BCUT2D eigenvalue weighted by atomic mass is 79.9. The number of carbonyl (C=O) groups is 1. The van der Waals surface area contributed by atoms with Gasteiger partial charge in [-0.2, -0.15) is 0 Å². The van der Waals surface area contributed by atoms with Gasteiger partial charge in [0, 0.05) is 20.0 Å². The van der Waals surface area contributed by atoms with E-state index >= 15 is 0 Å². The molecule has 0 heterocycles. The van der Waals surface area contributed by atoms with Crippen molar-refractivity contribution >= 4 is 61.1 Å². The summed E-state index contributed by atoms with van der Waals surface area (Å²) in [5, 5.41) is 3.47. The smallest absolute Gasteiger partial charge is 0.248 e. The van der Waals surface area contributed by atoms with Crippen molar-refractivity contribution < 1.29 is 4.79 Å². The fourth-order valence-electron chi connectivity index (χ4n) is 1.51. The second-order valence-electron chi connectivity index (χ2n) is 4.00. The number of rotatable bonds is 3. The number of halogens is 3. The van der Waals surface area contributed by atoms with Gasteiger partial charge in [0.05, 0.1) is 5.69 Å². The Morgan fingerprint density at radius 3 is 2.45 bits per heavy atom. The molecule has 0 spiro atoms. The molecule has 5 heteroatoms. The zero-order chi connectivity index (χ0) is 14.5. The minimum atomic E-state index is -0.192. The van der Waals surface area contributed by atoms with Crippen molar-refractivity contribution in [1.82, 2.24) is 0 Å². The lowest BCUT2D eigenvalue weighted by Crippen LogP contribution is -2.08. The van der Waals surface area contributed by atoms with Crippen LogP contribution in [0, 0.1) is 0 Å². The molecule has 0 bridgehead atoms. The van der Waals surface area contributed by atoms with Crippen LogP contribution in [0.25, 0.3) is 6.08 Å². The second-order valence-corrected chi connectivity index (χ2v) is 6.20. The van der Waals surface area contributed by atoms with E-state index in [4.69, 9.17) is 11.6 Å². The Hall–Kier alpha value is -1.10. The van der Waals surface area contributed by atoms with Crippen molar-refractivity contribution in [1.29, 1.82) is 0 Å². The highest BCUT2D eigenvalue weighted by Crippen LogP contribution is 2.26. The normalized spacial score (nSPS) is 10.8. The van der Waals surface area contributed by atoms with Crippen LogP contribution < -0.4 is 5.32 Å². The van der Waals surface area contributed by atoms with E-state index in [1.54, 1.807) is 18.2 Å². The first-order valence-corrected chi connectivity index (χ1v) is 7.71. The van der Waals surface area contributed by atoms with Crippen LogP contribution in [0.5, 0.6) is 0 Å². The number of hydrogen-bond acceptors (Lipinski definition) is 1. The maximum atomic E-state index is 11.8. The Balaban J connectivity index is 2.03. The molecule has 2 aromatic carbocycles. The molecule has 2 nitrogen and oxygen atoms in total. The summed E-state index contributed by atoms with van der Waals surface area (Å²) in [6.07, 6.45) is 3.22.